The predicted molar refractivity (Wildman–Crippen MR) is 79.9 cm³/mol. The van der Waals surface area contributed by atoms with Crippen LogP contribution in [-0.2, 0) is 4.79 Å². The van der Waals surface area contributed by atoms with Crippen LogP contribution in [0.15, 0.2) is 23.2 Å². The Balaban J connectivity index is 2.14. The lowest BCUT2D eigenvalue weighted by atomic mass is 10.0. The second kappa shape index (κ2) is 8.46. The number of halogens is 14. The molecule has 0 amide bonds. The molecule has 0 N–H and O–H groups in total. The second-order valence-electron chi connectivity index (χ2n) is 6.20. The van der Waals surface area contributed by atoms with Crippen LogP contribution in [0.5, 0.6) is 11.5 Å². The molecule has 188 valence electrons. The maximum absolute atomic E-state index is 14.8. The van der Waals surface area contributed by atoms with Crippen molar-refractivity contribution in [3.63, 3.8) is 0 Å². The summed E-state index contributed by atoms with van der Waals surface area (Å²) in [6.45, 7) is 0. The van der Waals surface area contributed by atoms with Gasteiger partial charge in [-0.15, -0.1) is 0 Å². The van der Waals surface area contributed by atoms with Crippen molar-refractivity contribution in [3.8, 4) is 11.5 Å². The van der Waals surface area contributed by atoms with Crippen LogP contribution >= 0.6 is 0 Å². The third-order valence-corrected chi connectivity index (χ3v) is 4.15. The highest BCUT2D eigenvalue weighted by Gasteiger charge is 2.57. The average Bonchev–Trinajstić information content (AvgIpc) is 2.84. The van der Waals surface area contributed by atoms with Gasteiger partial charge < -0.3 is 9.47 Å². The number of hydrogen-bond acceptors (Lipinski definition) is 3. The van der Waals surface area contributed by atoms with Crippen LogP contribution < -0.4 is 9.47 Å². The summed E-state index contributed by atoms with van der Waals surface area (Å²) in [7, 11) is 0. The summed E-state index contributed by atoms with van der Waals surface area (Å²) < 4.78 is 198. The van der Waals surface area contributed by atoms with E-state index >= 15 is 0 Å². The molecule has 1 atom stereocenters. The van der Waals surface area contributed by atoms with Crippen LogP contribution in [0.25, 0.3) is 0 Å². The van der Waals surface area contributed by atoms with Crippen LogP contribution in [-0.4, -0.2) is 11.6 Å². The van der Waals surface area contributed by atoms with Crippen molar-refractivity contribution >= 4 is 5.78 Å². The van der Waals surface area contributed by atoms with E-state index in [9.17, 15) is 66.3 Å². The molecule has 0 heterocycles. The Labute approximate surface area is 181 Å². The van der Waals surface area contributed by atoms with Gasteiger partial charge in [0.25, 0.3) is 5.78 Å². The minimum absolute atomic E-state index is 2.51. The Morgan fingerprint density at radius 1 is 0.486 bits per heavy atom. The molecule has 0 aromatic heterocycles. The summed E-state index contributed by atoms with van der Waals surface area (Å²) >= 11 is 0. The van der Waals surface area contributed by atoms with Gasteiger partial charge in [-0.25, -0.2) is 30.7 Å². The summed E-state index contributed by atoms with van der Waals surface area (Å²) in [5, 5.41) is 0. The molecule has 3 rings (SSSR count). The van der Waals surface area contributed by atoms with E-state index in [-0.39, 0.29) is 0 Å². The number of ketones is 1. The summed E-state index contributed by atoms with van der Waals surface area (Å²) in [5.41, 5.74) is 0. The van der Waals surface area contributed by atoms with E-state index in [1.807, 2.05) is 0 Å². The van der Waals surface area contributed by atoms with Crippen molar-refractivity contribution in [3.05, 3.63) is 81.4 Å². The van der Waals surface area contributed by atoms with Gasteiger partial charge in [-0.1, -0.05) is 0 Å². The van der Waals surface area contributed by atoms with Crippen LogP contribution in [0.4, 0.5) is 61.5 Å². The fourth-order valence-electron chi connectivity index (χ4n) is 2.45. The number of rotatable bonds is 4. The summed E-state index contributed by atoms with van der Waals surface area (Å²) in [6, 6.07) is 0. The minimum Gasteiger partial charge on any atom is -0.444 e. The van der Waals surface area contributed by atoms with Crippen LogP contribution in [0.1, 0.15) is 0 Å². The standard InChI is InChI=1S/C18F14O3/c19-1-3(21)7(25)13(8(26)4(1)22)34-14-11(29)16(31)18(32,17(33)12(14)30)35-15-9(27)5(23)2(20)6(24)10(15)28. The maximum atomic E-state index is 14.8. The molecule has 0 radical (unpaired) electrons. The van der Waals surface area contributed by atoms with Crippen molar-refractivity contribution < 1.29 is 75.7 Å². The number of benzene rings is 2. The molecule has 35 heavy (non-hydrogen) atoms. The summed E-state index contributed by atoms with van der Waals surface area (Å²) in [5.74, 6) is -54.5. The van der Waals surface area contributed by atoms with Crippen molar-refractivity contribution in [1.29, 1.82) is 0 Å². The fraction of sp³-hybridized carbons (Fsp3) is 0.0556. The van der Waals surface area contributed by atoms with Crippen molar-refractivity contribution in [1.82, 2.24) is 0 Å². The Morgan fingerprint density at radius 2 is 0.829 bits per heavy atom. The first kappa shape index (κ1) is 25.8. The van der Waals surface area contributed by atoms with Gasteiger partial charge in [-0.2, -0.15) is 30.7 Å². The normalized spacial score (nSPS) is 18.5. The molecular weight excluding hydrogens is 530 g/mol. The summed E-state index contributed by atoms with van der Waals surface area (Å²) in [6.07, 6.45) is 0. The molecule has 0 bridgehead atoms. The molecule has 2 aromatic rings. The molecule has 17 heteroatoms. The lowest BCUT2D eigenvalue weighted by Gasteiger charge is -2.27. The second-order valence-corrected chi connectivity index (χ2v) is 6.20. The van der Waals surface area contributed by atoms with Gasteiger partial charge in [0.1, 0.15) is 0 Å². The molecule has 1 aliphatic rings. The quantitative estimate of drug-likeness (QED) is 0.272. The van der Waals surface area contributed by atoms with E-state index in [0.29, 0.717) is 0 Å². The van der Waals surface area contributed by atoms with E-state index in [1.165, 1.54) is 0 Å². The first-order chi connectivity index (χ1) is 16.1. The van der Waals surface area contributed by atoms with E-state index in [2.05, 4.69) is 9.47 Å². The summed E-state index contributed by atoms with van der Waals surface area (Å²) in [4.78, 5) is 11.9. The number of ether oxygens (including phenoxy) is 2. The molecule has 0 aliphatic heterocycles. The van der Waals surface area contributed by atoms with Crippen molar-refractivity contribution in [2.24, 2.45) is 0 Å². The lowest BCUT2D eigenvalue weighted by Crippen LogP contribution is -2.45. The average molecular weight is 530 g/mol. The predicted octanol–water partition coefficient (Wildman–Crippen LogP) is 6.12. The lowest BCUT2D eigenvalue weighted by molar-refractivity contribution is -0.147. The monoisotopic (exact) mass is 530 g/mol. The van der Waals surface area contributed by atoms with Crippen molar-refractivity contribution in [2.45, 2.75) is 5.85 Å². The smallest absolute Gasteiger partial charge is 0.370 e. The Bertz CT molecular complexity index is 1310. The molecule has 1 aliphatic carbocycles. The largest absolute Gasteiger partial charge is 0.444 e. The highest BCUT2D eigenvalue weighted by atomic mass is 19.2. The van der Waals surface area contributed by atoms with Crippen LogP contribution in [0, 0.1) is 58.2 Å². The topological polar surface area (TPSA) is 35.5 Å². The highest BCUT2D eigenvalue weighted by Crippen LogP contribution is 2.44. The van der Waals surface area contributed by atoms with Crippen LogP contribution in [0.2, 0.25) is 0 Å². The molecule has 1 unspecified atom stereocenters. The zero-order valence-electron chi connectivity index (χ0n) is 15.5. The van der Waals surface area contributed by atoms with E-state index in [0.717, 1.165) is 0 Å². The first-order valence-corrected chi connectivity index (χ1v) is 8.17. The van der Waals surface area contributed by atoms with Gasteiger partial charge in [0.15, 0.2) is 0 Å². The van der Waals surface area contributed by atoms with Gasteiger partial charge in [-0.05, 0) is 0 Å². The Kier molecular flexibility index (Phi) is 6.24. The number of carbonyl (C=O) groups is 1. The van der Waals surface area contributed by atoms with Crippen molar-refractivity contribution in [2.75, 3.05) is 0 Å². The molecule has 0 fully saturated rings. The van der Waals surface area contributed by atoms with Crippen LogP contribution in [0.3, 0.4) is 0 Å². The number of allylic oxidation sites excluding steroid dienone is 1. The Morgan fingerprint density at radius 3 is 1.23 bits per heavy atom. The highest BCUT2D eigenvalue weighted by molar-refractivity contribution is 6.03. The number of alkyl halides is 1. The van der Waals surface area contributed by atoms with Gasteiger partial charge in [-0.3, -0.25) is 4.79 Å². The zero-order valence-corrected chi connectivity index (χ0v) is 15.5. The van der Waals surface area contributed by atoms with Gasteiger partial charge in [0, 0.05) is 0 Å². The third kappa shape index (κ3) is 3.65. The number of Topliss-reactive ketones (excluding diaryl/α,β-unsaturated/α-hetero) is 1. The molecule has 0 saturated heterocycles. The minimum atomic E-state index is -5.34. The molecule has 0 spiro atoms. The van der Waals surface area contributed by atoms with E-state index in [4.69, 9.17) is 0 Å². The van der Waals surface area contributed by atoms with Gasteiger partial charge >= 0.3 is 5.85 Å². The van der Waals surface area contributed by atoms with Gasteiger partial charge in [0.2, 0.25) is 92.9 Å². The van der Waals surface area contributed by atoms with E-state index in [1.54, 1.807) is 0 Å². The third-order valence-electron chi connectivity index (χ3n) is 4.15. The zero-order chi connectivity index (χ0) is 26.7. The molecule has 0 saturated carbocycles. The fourth-order valence-corrected chi connectivity index (χ4v) is 2.45. The SMILES string of the molecule is O=C1C(F)=C(Oc2c(F)c(F)c(F)c(F)c2F)C(F)=C(F)C1(F)Oc1c(F)c(F)c(F)c(F)c1F. The molecule has 3 nitrogen and oxygen atoms in total. The molecule has 2 aromatic carbocycles. The molecular formula is C18F14O3. The number of hydrogen-bond donors (Lipinski definition) is 0. The first-order valence-electron chi connectivity index (χ1n) is 8.17. The van der Waals surface area contributed by atoms with E-state index < -0.39 is 105 Å². The maximum Gasteiger partial charge on any atom is 0.370 e. The van der Waals surface area contributed by atoms with Gasteiger partial charge in [0.05, 0.1) is 0 Å². The number of carbonyl (C=O) groups excluding carboxylic acids is 1. The Hall–Kier alpha value is -3.79.